The van der Waals surface area contributed by atoms with Crippen LogP contribution in [0.1, 0.15) is 5.89 Å². The summed E-state index contributed by atoms with van der Waals surface area (Å²) < 4.78 is 5.07. The molecule has 0 aliphatic heterocycles. The van der Waals surface area contributed by atoms with Gasteiger partial charge >= 0.3 is 0 Å². The lowest BCUT2D eigenvalue weighted by Crippen LogP contribution is -1.82. The highest BCUT2D eigenvalue weighted by atomic mass is 32.1. The fraction of sp³-hybridized carbons (Fsp3) is 0.0476. The van der Waals surface area contributed by atoms with E-state index in [4.69, 9.17) is 4.52 Å². The van der Waals surface area contributed by atoms with Gasteiger partial charge in [0.15, 0.2) is 0 Å². The molecule has 0 aliphatic carbocycles. The van der Waals surface area contributed by atoms with Crippen LogP contribution in [0.3, 0.4) is 0 Å². The summed E-state index contributed by atoms with van der Waals surface area (Å²) in [5.74, 6) is 1.34. The van der Waals surface area contributed by atoms with Gasteiger partial charge in [-0.05, 0) is 52.2 Å². The Morgan fingerprint density at radius 3 is 2.67 bits per heavy atom. The number of hydrogen-bond acceptors (Lipinski definition) is 5. The van der Waals surface area contributed by atoms with Crippen molar-refractivity contribution in [1.29, 1.82) is 0 Å². The van der Waals surface area contributed by atoms with Crippen molar-refractivity contribution in [3.8, 4) is 39.5 Å². The van der Waals surface area contributed by atoms with Crippen molar-refractivity contribution in [2.24, 2.45) is 0 Å². The number of fused-ring (bicyclic) bond motifs is 1. The first-order valence-electron chi connectivity index (χ1n) is 8.47. The van der Waals surface area contributed by atoms with Gasteiger partial charge in [0, 0.05) is 29.0 Å². The molecule has 0 aliphatic rings. The van der Waals surface area contributed by atoms with Crippen molar-refractivity contribution in [3.63, 3.8) is 0 Å². The second-order valence-corrected chi connectivity index (χ2v) is 7.15. The Hall–Kier alpha value is -3.38. The Morgan fingerprint density at radius 1 is 1.00 bits per heavy atom. The van der Waals surface area contributed by atoms with Gasteiger partial charge in [-0.2, -0.15) is 16.3 Å². The molecule has 3 aromatic heterocycles. The number of H-pyrrole nitrogens is 1. The second kappa shape index (κ2) is 6.10. The molecule has 0 spiro atoms. The topological polar surface area (TPSA) is 74.9 Å². The van der Waals surface area contributed by atoms with E-state index >= 15 is 0 Å². The van der Waals surface area contributed by atoms with Gasteiger partial charge in [0.1, 0.15) is 5.75 Å². The fourth-order valence-corrected chi connectivity index (χ4v) is 3.85. The van der Waals surface area contributed by atoms with Gasteiger partial charge in [-0.15, -0.1) is 0 Å². The number of nitrogens with zero attached hydrogens (tertiary/aromatic N) is 2. The molecule has 0 fully saturated rings. The molecule has 5 rings (SSSR count). The summed E-state index contributed by atoms with van der Waals surface area (Å²) in [7, 11) is 0. The minimum atomic E-state index is 0.245. The van der Waals surface area contributed by atoms with Gasteiger partial charge in [-0.1, -0.05) is 23.4 Å². The van der Waals surface area contributed by atoms with Gasteiger partial charge in [0.2, 0.25) is 11.7 Å². The Morgan fingerprint density at radius 2 is 1.89 bits per heavy atom. The van der Waals surface area contributed by atoms with Crippen LogP contribution in [-0.2, 0) is 0 Å². The second-order valence-electron chi connectivity index (χ2n) is 6.37. The molecular weight excluding hydrogens is 358 g/mol. The van der Waals surface area contributed by atoms with E-state index in [2.05, 4.69) is 26.6 Å². The Balaban J connectivity index is 1.60. The molecule has 2 aromatic carbocycles. The molecular formula is C21H15N3O2S. The van der Waals surface area contributed by atoms with Crippen molar-refractivity contribution < 1.29 is 9.63 Å². The van der Waals surface area contributed by atoms with Crippen LogP contribution in [0.5, 0.6) is 5.75 Å². The first-order valence-corrected chi connectivity index (χ1v) is 9.41. The van der Waals surface area contributed by atoms with Crippen molar-refractivity contribution >= 4 is 22.2 Å². The van der Waals surface area contributed by atoms with Crippen LogP contribution in [0.4, 0.5) is 0 Å². The van der Waals surface area contributed by atoms with Crippen molar-refractivity contribution in [2.75, 3.05) is 0 Å². The number of thiophene rings is 1. The van der Waals surface area contributed by atoms with E-state index in [1.165, 1.54) is 0 Å². The number of nitrogens with one attached hydrogen (secondary N) is 1. The summed E-state index contributed by atoms with van der Waals surface area (Å²) in [5.41, 5.74) is 5.68. The Labute approximate surface area is 158 Å². The average molecular weight is 373 g/mol. The summed E-state index contributed by atoms with van der Waals surface area (Å²) in [5, 5.41) is 19.6. The zero-order valence-corrected chi connectivity index (χ0v) is 15.2. The molecule has 0 saturated heterocycles. The number of rotatable bonds is 3. The summed E-state index contributed by atoms with van der Waals surface area (Å²) in [6.45, 7) is 1.77. The molecule has 0 saturated carbocycles. The highest BCUT2D eigenvalue weighted by molar-refractivity contribution is 7.08. The van der Waals surface area contributed by atoms with Crippen LogP contribution in [0.2, 0.25) is 0 Å². The number of phenols is 1. The lowest BCUT2D eigenvalue weighted by molar-refractivity contribution is 0.394. The standard InChI is InChI=1S/C21H15N3O2S/c1-12-22-21(24-26-12)15-3-2-14-9-19(23-18(14)10-15)17-8-13(4-5-20(17)25)16-6-7-27-11-16/h2-11,23,25H,1H3. The minimum Gasteiger partial charge on any atom is -0.507 e. The van der Waals surface area contributed by atoms with E-state index in [1.54, 1.807) is 24.3 Å². The van der Waals surface area contributed by atoms with E-state index in [9.17, 15) is 5.11 Å². The molecule has 5 aromatic rings. The van der Waals surface area contributed by atoms with E-state index < -0.39 is 0 Å². The third kappa shape index (κ3) is 2.80. The number of aromatic hydroxyl groups is 1. The van der Waals surface area contributed by atoms with Gasteiger partial charge in [-0.3, -0.25) is 0 Å². The molecule has 6 heteroatoms. The van der Waals surface area contributed by atoms with Gasteiger partial charge in [-0.25, -0.2) is 0 Å². The Bertz CT molecular complexity index is 1250. The number of benzene rings is 2. The number of hydrogen-bond donors (Lipinski definition) is 2. The first kappa shape index (κ1) is 15.8. The van der Waals surface area contributed by atoms with E-state index in [0.29, 0.717) is 11.7 Å². The van der Waals surface area contributed by atoms with Crippen LogP contribution in [0, 0.1) is 6.92 Å². The maximum atomic E-state index is 10.4. The molecule has 0 bridgehead atoms. The van der Waals surface area contributed by atoms with Crippen molar-refractivity contribution in [2.45, 2.75) is 6.92 Å². The molecule has 0 unspecified atom stereocenters. The lowest BCUT2D eigenvalue weighted by Gasteiger charge is -2.05. The molecule has 132 valence electrons. The summed E-state index contributed by atoms with van der Waals surface area (Å²) in [6, 6.07) is 15.7. The smallest absolute Gasteiger partial charge is 0.223 e. The van der Waals surface area contributed by atoms with Crippen molar-refractivity contribution in [3.05, 3.63) is 65.2 Å². The van der Waals surface area contributed by atoms with E-state index in [0.717, 1.165) is 38.9 Å². The third-order valence-corrected chi connectivity index (χ3v) is 5.23. The highest BCUT2D eigenvalue weighted by Gasteiger charge is 2.12. The zero-order valence-electron chi connectivity index (χ0n) is 14.4. The predicted molar refractivity (Wildman–Crippen MR) is 107 cm³/mol. The summed E-state index contributed by atoms with van der Waals surface area (Å²) in [4.78, 5) is 7.67. The lowest BCUT2D eigenvalue weighted by atomic mass is 10.0. The third-order valence-electron chi connectivity index (χ3n) is 4.55. The molecule has 2 N–H and O–H groups in total. The predicted octanol–water partition coefficient (Wildman–Crippen LogP) is 5.63. The fourth-order valence-electron chi connectivity index (χ4n) is 3.19. The van der Waals surface area contributed by atoms with E-state index in [-0.39, 0.29) is 5.75 Å². The first-order chi connectivity index (χ1) is 13.2. The monoisotopic (exact) mass is 373 g/mol. The van der Waals surface area contributed by atoms with Crippen LogP contribution < -0.4 is 0 Å². The largest absolute Gasteiger partial charge is 0.507 e. The maximum Gasteiger partial charge on any atom is 0.223 e. The molecule has 0 radical (unpaired) electrons. The van der Waals surface area contributed by atoms with Crippen LogP contribution in [0.25, 0.3) is 44.7 Å². The summed E-state index contributed by atoms with van der Waals surface area (Å²) in [6.07, 6.45) is 0. The van der Waals surface area contributed by atoms with Gasteiger partial charge < -0.3 is 14.6 Å². The summed E-state index contributed by atoms with van der Waals surface area (Å²) >= 11 is 1.66. The number of phenolic OH excluding ortho intramolecular Hbond substituents is 1. The highest BCUT2D eigenvalue weighted by Crippen LogP contribution is 2.35. The number of aromatic amines is 1. The molecule has 0 atom stereocenters. The van der Waals surface area contributed by atoms with E-state index in [1.807, 2.05) is 41.8 Å². The average Bonchev–Trinajstić information content (AvgIpc) is 3.41. The van der Waals surface area contributed by atoms with Gasteiger partial charge in [0.25, 0.3) is 0 Å². The van der Waals surface area contributed by atoms with Crippen LogP contribution in [-0.4, -0.2) is 20.2 Å². The van der Waals surface area contributed by atoms with Gasteiger partial charge in [0.05, 0.1) is 5.69 Å². The normalized spacial score (nSPS) is 11.3. The van der Waals surface area contributed by atoms with Crippen LogP contribution >= 0.6 is 11.3 Å². The SMILES string of the molecule is Cc1nc(-c2ccc3cc(-c4cc(-c5ccsc5)ccc4O)[nH]c3c2)no1. The molecule has 0 amide bonds. The molecule has 5 nitrogen and oxygen atoms in total. The Kier molecular flexibility index (Phi) is 3.58. The maximum absolute atomic E-state index is 10.4. The molecule has 3 heterocycles. The number of aryl methyl sites for hydroxylation is 1. The molecule has 27 heavy (non-hydrogen) atoms. The zero-order chi connectivity index (χ0) is 18.4. The van der Waals surface area contributed by atoms with Crippen LogP contribution in [0.15, 0.2) is 63.8 Å². The van der Waals surface area contributed by atoms with Crippen molar-refractivity contribution in [1.82, 2.24) is 15.1 Å². The number of aromatic nitrogens is 3. The minimum absolute atomic E-state index is 0.245. The quantitative estimate of drug-likeness (QED) is 0.430.